The molecule has 0 aromatic heterocycles. The van der Waals surface area contributed by atoms with Gasteiger partial charge in [0.25, 0.3) is 0 Å². The van der Waals surface area contributed by atoms with Gasteiger partial charge in [0.05, 0.1) is 0 Å². The Kier molecular flexibility index (Phi) is 4.43. The van der Waals surface area contributed by atoms with Crippen molar-refractivity contribution in [3.8, 4) is 0 Å². The fourth-order valence-corrected chi connectivity index (χ4v) is 3.24. The number of primary amides is 1. The largest absolute Gasteiger partial charge is 0.369 e. The van der Waals surface area contributed by atoms with Crippen LogP contribution in [0, 0.1) is 17.8 Å². The molecule has 0 unspecified atom stereocenters. The molecule has 1 amide bonds. The van der Waals surface area contributed by atoms with Crippen LogP contribution in [0.15, 0.2) is 0 Å². The molecular weight excluding hydrogens is 212 g/mol. The van der Waals surface area contributed by atoms with E-state index in [1.807, 2.05) is 0 Å². The number of carbonyl (C=O) groups is 1. The Morgan fingerprint density at radius 3 is 2.24 bits per heavy atom. The van der Waals surface area contributed by atoms with Crippen LogP contribution in [0.2, 0.25) is 0 Å². The van der Waals surface area contributed by atoms with E-state index < -0.39 is 0 Å². The molecule has 3 heteroatoms. The first-order valence-corrected chi connectivity index (χ1v) is 7.17. The highest BCUT2D eigenvalue weighted by molar-refractivity contribution is 5.76. The Labute approximate surface area is 105 Å². The minimum Gasteiger partial charge on any atom is -0.369 e. The number of hydrogen-bond acceptors (Lipinski definition) is 2. The van der Waals surface area contributed by atoms with E-state index in [0.717, 1.165) is 24.7 Å². The quantitative estimate of drug-likeness (QED) is 0.817. The van der Waals surface area contributed by atoms with Crippen molar-refractivity contribution < 1.29 is 4.79 Å². The smallest absolute Gasteiger partial charge is 0.220 e. The standard InChI is InChI=1S/C14H26N2O/c1-11-6-8-16(9-7-11)10-12-2-4-13(5-3-12)14(15)17/h11-13H,2-10H2,1H3,(H2,15,17). The van der Waals surface area contributed by atoms with Gasteiger partial charge in [-0.15, -0.1) is 0 Å². The van der Waals surface area contributed by atoms with Crippen LogP contribution in [0.25, 0.3) is 0 Å². The third-order valence-electron chi connectivity index (χ3n) is 4.64. The SMILES string of the molecule is CC1CCN(CC2CCC(C(N)=O)CC2)CC1. The molecule has 1 saturated carbocycles. The first-order chi connectivity index (χ1) is 8.15. The highest BCUT2D eigenvalue weighted by atomic mass is 16.1. The summed E-state index contributed by atoms with van der Waals surface area (Å²) in [6.45, 7) is 6.15. The van der Waals surface area contributed by atoms with Gasteiger partial charge < -0.3 is 10.6 Å². The maximum absolute atomic E-state index is 11.1. The summed E-state index contributed by atoms with van der Waals surface area (Å²) in [6, 6.07) is 0. The van der Waals surface area contributed by atoms with Crippen LogP contribution in [0.5, 0.6) is 0 Å². The summed E-state index contributed by atoms with van der Waals surface area (Å²) in [7, 11) is 0. The number of carbonyl (C=O) groups excluding carboxylic acids is 1. The topological polar surface area (TPSA) is 46.3 Å². The minimum atomic E-state index is -0.0877. The predicted octanol–water partition coefficient (Wildman–Crippen LogP) is 2.01. The molecule has 1 aliphatic carbocycles. The summed E-state index contributed by atoms with van der Waals surface area (Å²) < 4.78 is 0. The van der Waals surface area contributed by atoms with Crippen molar-refractivity contribution in [2.45, 2.75) is 45.4 Å². The van der Waals surface area contributed by atoms with E-state index in [9.17, 15) is 4.79 Å². The molecule has 1 heterocycles. The summed E-state index contributed by atoms with van der Waals surface area (Å²) in [6.07, 6.45) is 7.14. The van der Waals surface area contributed by atoms with E-state index in [4.69, 9.17) is 5.73 Å². The average Bonchev–Trinajstić information content (AvgIpc) is 2.33. The molecule has 0 aromatic carbocycles. The zero-order valence-corrected chi connectivity index (χ0v) is 11.0. The summed E-state index contributed by atoms with van der Waals surface area (Å²) in [5.41, 5.74) is 5.36. The van der Waals surface area contributed by atoms with Gasteiger partial charge >= 0.3 is 0 Å². The van der Waals surface area contributed by atoms with Gasteiger partial charge in [-0.1, -0.05) is 6.92 Å². The van der Waals surface area contributed by atoms with Gasteiger partial charge in [-0.05, 0) is 63.5 Å². The van der Waals surface area contributed by atoms with Crippen molar-refractivity contribution in [2.24, 2.45) is 23.5 Å². The van der Waals surface area contributed by atoms with E-state index in [1.165, 1.54) is 45.3 Å². The van der Waals surface area contributed by atoms with Crippen LogP contribution < -0.4 is 5.73 Å². The van der Waals surface area contributed by atoms with Crippen LogP contribution in [-0.4, -0.2) is 30.4 Å². The molecule has 0 atom stereocenters. The Bertz CT molecular complexity index is 251. The lowest BCUT2D eigenvalue weighted by molar-refractivity contribution is -0.123. The van der Waals surface area contributed by atoms with Gasteiger partial charge in [0.1, 0.15) is 0 Å². The number of nitrogens with zero attached hydrogens (tertiary/aromatic N) is 1. The van der Waals surface area contributed by atoms with Crippen LogP contribution in [0.3, 0.4) is 0 Å². The third kappa shape index (κ3) is 3.70. The molecule has 2 fully saturated rings. The normalized spacial score (nSPS) is 32.5. The molecule has 98 valence electrons. The lowest BCUT2D eigenvalue weighted by atomic mass is 9.81. The van der Waals surface area contributed by atoms with Gasteiger partial charge in [-0.25, -0.2) is 0 Å². The molecule has 2 N–H and O–H groups in total. The molecule has 2 rings (SSSR count). The number of hydrogen-bond donors (Lipinski definition) is 1. The average molecular weight is 238 g/mol. The van der Waals surface area contributed by atoms with Crippen molar-refractivity contribution >= 4 is 5.91 Å². The maximum atomic E-state index is 11.1. The second-order valence-electron chi connectivity index (χ2n) is 6.10. The molecule has 2 aliphatic rings. The van der Waals surface area contributed by atoms with Crippen LogP contribution >= 0.6 is 0 Å². The van der Waals surface area contributed by atoms with Crippen LogP contribution in [0.4, 0.5) is 0 Å². The molecule has 0 spiro atoms. The first-order valence-electron chi connectivity index (χ1n) is 7.17. The molecule has 0 bridgehead atoms. The number of nitrogens with two attached hydrogens (primary N) is 1. The fourth-order valence-electron chi connectivity index (χ4n) is 3.24. The lowest BCUT2D eigenvalue weighted by Gasteiger charge is -2.35. The molecule has 0 radical (unpaired) electrons. The van der Waals surface area contributed by atoms with Gasteiger partial charge in [0.2, 0.25) is 5.91 Å². The van der Waals surface area contributed by atoms with Gasteiger partial charge in [0.15, 0.2) is 0 Å². The summed E-state index contributed by atoms with van der Waals surface area (Å²) in [5, 5.41) is 0. The molecule has 17 heavy (non-hydrogen) atoms. The Morgan fingerprint density at radius 2 is 1.71 bits per heavy atom. The van der Waals surface area contributed by atoms with E-state index in [0.29, 0.717) is 0 Å². The molecular formula is C14H26N2O. The number of likely N-dealkylation sites (tertiary alicyclic amines) is 1. The summed E-state index contributed by atoms with van der Waals surface area (Å²) in [5.74, 6) is 1.79. The Morgan fingerprint density at radius 1 is 1.12 bits per heavy atom. The van der Waals surface area contributed by atoms with Gasteiger partial charge in [-0.3, -0.25) is 4.79 Å². The van der Waals surface area contributed by atoms with E-state index >= 15 is 0 Å². The monoisotopic (exact) mass is 238 g/mol. The lowest BCUT2D eigenvalue weighted by Crippen LogP contribution is -2.38. The maximum Gasteiger partial charge on any atom is 0.220 e. The molecule has 3 nitrogen and oxygen atoms in total. The number of amides is 1. The fraction of sp³-hybridized carbons (Fsp3) is 0.929. The van der Waals surface area contributed by atoms with Crippen molar-refractivity contribution in [3.05, 3.63) is 0 Å². The second kappa shape index (κ2) is 5.85. The number of rotatable bonds is 3. The summed E-state index contributed by atoms with van der Waals surface area (Å²) >= 11 is 0. The molecule has 1 aliphatic heterocycles. The third-order valence-corrected chi connectivity index (χ3v) is 4.64. The Balaban J connectivity index is 1.69. The van der Waals surface area contributed by atoms with Crippen molar-refractivity contribution in [3.63, 3.8) is 0 Å². The first kappa shape index (κ1) is 12.9. The van der Waals surface area contributed by atoms with Crippen molar-refractivity contribution in [2.75, 3.05) is 19.6 Å². The zero-order valence-electron chi connectivity index (χ0n) is 11.0. The highest BCUT2D eigenvalue weighted by Crippen LogP contribution is 2.30. The molecule has 1 saturated heterocycles. The van der Waals surface area contributed by atoms with Crippen molar-refractivity contribution in [1.29, 1.82) is 0 Å². The Hall–Kier alpha value is -0.570. The van der Waals surface area contributed by atoms with E-state index in [1.54, 1.807) is 0 Å². The van der Waals surface area contributed by atoms with Crippen LogP contribution in [-0.2, 0) is 4.79 Å². The van der Waals surface area contributed by atoms with Crippen LogP contribution in [0.1, 0.15) is 45.4 Å². The minimum absolute atomic E-state index is 0.0877. The second-order valence-corrected chi connectivity index (χ2v) is 6.10. The molecule has 0 aromatic rings. The zero-order chi connectivity index (χ0) is 12.3. The summed E-state index contributed by atoms with van der Waals surface area (Å²) in [4.78, 5) is 13.7. The van der Waals surface area contributed by atoms with E-state index in [-0.39, 0.29) is 11.8 Å². The highest BCUT2D eigenvalue weighted by Gasteiger charge is 2.26. The predicted molar refractivity (Wildman–Crippen MR) is 69.5 cm³/mol. The number of piperidine rings is 1. The van der Waals surface area contributed by atoms with Crippen molar-refractivity contribution in [1.82, 2.24) is 4.90 Å². The van der Waals surface area contributed by atoms with Gasteiger partial charge in [-0.2, -0.15) is 0 Å². The van der Waals surface area contributed by atoms with Gasteiger partial charge in [0, 0.05) is 12.5 Å². The van der Waals surface area contributed by atoms with E-state index in [2.05, 4.69) is 11.8 Å².